The SMILES string of the molecule is COc1cc(C(C)OC(=O)ON2C(=O)CC(S(=O)(=O)OC)C2=O)c([N+](=O)[O-])cc1OCCN(C)CCOC(=O)C(CS(=O)(=O)[O-])NC(=O)CCc1cc(C)c2n1[B-](F)(F)[N+]1=C(c3ccccc3)C=C(CCC[N+](C)(C)C)C1=C2.C[Si](C)(C)I. The van der Waals surface area contributed by atoms with E-state index in [2.05, 4.69) is 76.9 Å². The number of rotatable bonds is 26. The van der Waals surface area contributed by atoms with Crippen LogP contribution in [0.25, 0.3) is 6.08 Å². The molecule has 0 spiro atoms. The van der Waals surface area contributed by atoms with Gasteiger partial charge >= 0.3 is 19.1 Å². The lowest BCUT2D eigenvalue weighted by molar-refractivity contribution is -0.870. The van der Waals surface area contributed by atoms with E-state index < -0.39 is 109 Å². The van der Waals surface area contributed by atoms with E-state index in [1.165, 1.54) is 14.0 Å². The normalized spacial score (nSPS) is 16.7. The van der Waals surface area contributed by atoms with E-state index in [4.69, 9.17) is 18.9 Å². The second-order valence-electron chi connectivity index (χ2n) is 21.6. The van der Waals surface area contributed by atoms with Crippen LogP contribution in [0.4, 0.5) is 19.1 Å². The zero-order chi connectivity index (χ0) is 62.2. The van der Waals surface area contributed by atoms with Crippen LogP contribution < -0.4 is 14.8 Å². The molecule has 1 fully saturated rings. The van der Waals surface area contributed by atoms with Gasteiger partial charge < -0.3 is 50.9 Å². The molecule has 3 unspecified atom stereocenters. The third-order valence-electron chi connectivity index (χ3n) is 12.8. The highest BCUT2D eigenvalue weighted by Gasteiger charge is 2.55. The standard InChI is InChI=1S/C48H60BF2N7O18S2.C3H9ISi/c1-30-23-34(54-37(30)26-39-33(15-12-20-58(4,5)6)24-38(55(39)49(54,50)51)32-13-10-9-11-14-32)16-17-44(59)52-36(29-77(66,67)68)47(62)74-22-19-53(3)18-21-73-42-27-40(57(64)65)35(25-41(42)71-7)31(2)75-48(63)76-56-45(60)28-43(46(56)61)78(69,70)72-8;1-5(2,3)4/h9-11,13-14,23-27,31,36,43H,12,15-22,28-29H2,1-8H3,(H-,52,59,66,67,68);1-3H3. The van der Waals surface area contributed by atoms with Crippen molar-refractivity contribution in [3.63, 3.8) is 0 Å². The number of quaternary nitrogens is 1. The van der Waals surface area contributed by atoms with E-state index in [1.54, 1.807) is 67.4 Å². The average molecular weight is 1340 g/mol. The van der Waals surface area contributed by atoms with Crippen LogP contribution in [0.15, 0.2) is 65.9 Å². The summed E-state index contributed by atoms with van der Waals surface area (Å²) in [5, 5.41) is 12.3. The Morgan fingerprint density at radius 1 is 1.00 bits per heavy atom. The predicted octanol–water partition coefficient (Wildman–Crippen LogP) is 5.22. The zero-order valence-electron chi connectivity index (χ0n) is 47.8. The Morgan fingerprint density at radius 2 is 1.64 bits per heavy atom. The highest BCUT2D eigenvalue weighted by atomic mass is 127. The second kappa shape index (κ2) is 27.7. The minimum absolute atomic E-state index is 0.0169. The topological polar surface area (TPSA) is 302 Å². The van der Waals surface area contributed by atoms with Crippen LogP contribution >= 0.6 is 21.8 Å². The van der Waals surface area contributed by atoms with E-state index in [0.717, 1.165) is 46.7 Å². The van der Waals surface area contributed by atoms with Crippen molar-refractivity contribution in [2.45, 2.75) is 83.0 Å². The van der Waals surface area contributed by atoms with Crippen LogP contribution in [0.2, 0.25) is 19.6 Å². The van der Waals surface area contributed by atoms with Crippen LogP contribution in [-0.2, 0) is 64.3 Å². The summed E-state index contributed by atoms with van der Waals surface area (Å²) < 4.78 is 122. The molecule has 3 aliphatic rings. The summed E-state index contributed by atoms with van der Waals surface area (Å²) in [6, 6.07) is 10.5. The summed E-state index contributed by atoms with van der Waals surface area (Å²) in [7, 11) is 0.0885. The number of methoxy groups -OCH3 is 1. The number of aromatic nitrogens is 1. The lowest BCUT2D eigenvalue weighted by atomic mass is 9.88. The van der Waals surface area contributed by atoms with Crippen LogP contribution in [0, 0.1) is 17.0 Å². The Labute approximate surface area is 494 Å². The summed E-state index contributed by atoms with van der Waals surface area (Å²) in [5.74, 6) is -6.36. The van der Waals surface area contributed by atoms with Crippen LogP contribution in [-0.4, -0.2) is 190 Å². The molecule has 0 radical (unpaired) electrons. The van der Waals surface area contributed by atoms with E-state index in [1.807, 2.05) is 0 Å². The Morgan fingerprint density at radius 3 is 2.23 bits per heavy atom. The molecule has 1 saturated heterocycles. The van der Waals surface area contributed by atoms with Crippen LogP contribution in [0.1, 0.15) is 66.8 Å². The van der Waals surface area contributed by atoms with Crippen molar-refractivity contribution in [3.05, 3.63) is 104 Å². The van der Waals surface area contributed by atoms with E-state index in [-0.39, 0.29) is 66.2 Å². The maximum Gasteiger partial charge on any atom is 0.737 e. The number of likely N-dealkylation sites (N-methyl/N-ethyl adjacent to an activating group) is 1. The maximum atomic E-state index is 17.1. The molecule has 25 nitrogen and oxygen atoms in total. The number of hydrogen-bond donors (Lipinski definition) is 1. The molecule has 2 aromatic carbocycles. The number of esters is 1. The Hall–Kier alpha value is -6.17. The average Bonchev–Trinajstić information content (AvgIpc) is 1.79. The third-order valence-corrected chi connectivity index (χ3v) is 15.1. The molecule has 3 amide bonds. The molecule has 0 bridgehead atoms. The van der Waals surface area contributed by atoms with Crippen molar-refractivity contribution in [3.8, 4) is 11.5 Å². The number of carbonyl (C=O) groups is 5. The minimum Gasteiger partial charge on any atom is -0.748 e. The number of aryl methyl sites for hydroxylation is 2. The Kier molecular flexibility index (Phi) is 22.6. The molecule has 3 aliphatic heterocycles. The van der Waals surface area contributed by atoms with E-state index in [9.17, 15) is 55.5 Å². The van der Waals surface area contributed by atoms with E-state index >= 15 is 8.63 Å². The smallest absolute Gasteiger partial charge is 0.737 e. The van der Waals surface area contributed by atoms with Crippen molar-refractivity contribution in [2.75, 3.05) is 81.0 Å². The predicted molar refractivity (Wildman–Crippen MR) is 309 cm³/mol. The molecule has 83 heavy (non-hydrogen) atoms. The number of allylic oxidation sites excluding steroid dienone is 2. The van der Waals surface area contributed by atoms with Crippen molar-refractivity contribution in [1.82, 2.24) is 19.8 Å². The number of halogens is 3. The monoisotopic (exact) mass is 1340 g/mol. The Bertz CT molecular complexity index is 3290. The molecule has 6 rings (SSSR count). The van der Waals surface area contributed by atoms with Gasteiger partial charge in [0.25, 0.3) is 27.6 Å². The quantitative estimate of drug-likeness (QED) is 0.0103. The number of nitro benzene ring substituents is 1. The fourth-order valence-corrected chi connectivity index (χ4v) is 10.5. The number of benzene rings is 2. The lowest BCUT2D eigenvalue weighted by Crippen LogP contribution is -2.51. The van der Waals surface area contributed by atoms with Gasteiger partial charge in [0, 0.05) is 54.9 Å². The first-order valence-electron chi connectivity index (χ1n) is 25.9. The summed E-state index contributed by atoms with van der Waals surface area (Å²) in [4.78, 5) is 81.3. The first kappa shape index (κ1) is 67.6. The molecule has 456 valence electrons. The van der Waals surface area contributed by atoms with Gasteiger partial charge in [-0.05, 0) is 69.3 Å². The number of imide groups is 1. The summed E-state index contributed by atoms with van der Waals surface area (Å²) in [5.41, 5.74) is 1.49. The molecule has 32 heteroatoms. The molecular formula is C51H69BF2IN7O18S2Si. The van der Waals surface area contributed by atoms with Gasteiger partial charge in [-0.25, -0.2) is 18.0 Å². The number of amides is 3. The van der Waals surface area contributed by atoms with Gasteiger partial charge in [-0.2, -0.15) is 8.42 Å². The van der Waals surface area contributed by atoms with E-state index in [0.29, 0.717) is 33.4 Å². The highest BCUT2D eigenvalue weighted by Crippen LogP contribution is 2.41. The van der Waals surface area contributed by atoms with Crippen LogP contribution in [0.3, 0.4) is 0 Å². The third kappa shape index (κ3) is 18.4. The van der Waals surface area contributed by atoms with Gasteiger partial charge in [0.05, 0.1) is 80.8 Å². The van der Waals surface area contributed by atoms with Crippen molar-refractivity contribution >= 4 is 102 Å². The van der Waals surface area contributed by atoms with Gasteiger partial charge in [-0.3, -0.25) is 38.4 Å². The number of ether oxygens (including phenoxy) is 4. The Balaban J connectivity index is 0.00000241. The number of nitro groups is 1. The van der Waals surface area contributed by atoms with Gasteiger partial charge in [0.1, 0.15) is 30.9 Å². The fourth-order valence-electron chi connectivity index (χ4n) is 8.94. The fraction of sp³-hybridized carbons (Fsp3) is 0.490. The zero-order valence-corrected chi connectivity index (χ0v) is 52.6. The summed E-state index contributed by atoms with van der Waals surface area (Å²) in [6.45, 7) is 5.64. The molecule has 4 heterocycles. The molecule has 1 N–H and O–H groups in total. The molecule has 3 atom stereocenters. The van der Waals surface area contributed by atoms with Gasteiger partial charge in [-0.1, -0.05) is 42.9 Å². The minimum atomic E-state index is -5.12. The van der Waals surface area contributed by atoms with Gasteiger partial charge in [-0.15, -0.1) is 21.8 Å². The van der Waals surface area contributed by atoms with Crippen molar-refractivity contribution in [1.29, 1.82) is 0 Å². The number of nitrogens with one attached hydrogen (secondary N) is 1. The van der Waals surface area contributed by atoms with Crippen molar-refractivity contribution in [2.24, 2.45) is 0 Å². The summed E-state index contributed by atoms with van der Waals surface area (Å²) >= 11 is 2.52. The molecule has 1 aromatic heterocycles. The van der Waals surface area contributed by atoms with Crippen molar-refractivity contribution < 1.29 is 95.9 Å². The second-order valence-corrected chi connectivity index (χ2v) is 38.8. The maximum absolute atomic E-state index is 17.1. The largest absolute Gasteiger partial charge is 0.748 e. The number of hydrogen-bond acceptors (Lipinski definition) is 19. The molecule has 3 aromatic rings. The lowest BCUT2D eigenvalue weighted by Gasteiger charge is -2.32. The van der Waals surface area contributed by atoms with Gasteiger partial charge in [0.2, 0.25) is 5.91 Å². The van der Waals surface area contributed by atoms with Gasteiger partial charge in [0.15, 0.2) is 28.2 Å². The molecular weight excluding hydrogens is 1270 g/mol. The number of carbonyl (C=O) groups excluding carboxylic acids is 5. The number of nitrogens with zero attached hydrogens (tertiary/aromatic N) is 6. The van der Waals surface area contributed by atoms with Crippen LogP contribution in [0.5, 0.6) is 11.5 Å². The first-order valence-corrected chi connectivity index (χ1v) is 35.6. The molecule has 0 saturated carbocycles. The summed E-state index contributed by atoms with van der Waals surface area (Å²) in [6.07, 6.45) is 0.0765. The molecule has 0 aliphatic carbocycles. The number of fused-ring (bicyclic) bond motifs is 2. The highest BCUT2D eigenvalue weighted by molar-refractivity contribution is 14.1. The number of hydroxylamine groups is 2. The first-order chi connectivity index (χ1) is 38.5.